The predicted octanol–water partition coefficient (Wildman–Crippen LogP) is 6.67. The SMILES string of the molecule is COc1ccccc1-c1cccc2c(CCCOc3ccccc3Br)c(OC(=O)O)[nH]c12. The Kier molecular flexibility index (Phi) is 6.66. The smallest absolute Gasteiger partial charge is 0.496 e. The molecule has 3 aromatic carbocycles. The third-order valence-corrected chi connectivity index (χ3v) is 5.81. The van der Waals surface area contributed by atoms with E-state index in [4.69, 9.17) is 14.2 Å². The molecule has 0 bridgehead atoms. The van der Waals surface area contributed by atoms with Crippen LogP contribution >= 0.6 is 15.9 Å². The number of carboxylic acid groups (broad SMARTS) is 1. The zero-order chi connectivity index (χ0) is 22.5. The molecule has 0 saturated heterocycles. The predicted molar refractivity (Wildman–Crippen MR) is 127 cm³/mol. The summed E-state index contributed by atoms with van der Waals surface area (Å²) in [5, 5.41) is 10.2. The second-order valence-electron chi connectivity index (χ2n) is 7.11. The van der Waals surface area contributed by atoms with Crippen molar-refractivity contribution in [2.24, 2.45) is 0 Å². The van der Waals surface area contributed by atoms with Gasteiger partial charge in [-0.2, -0.15) is 0 Å². The van der Waals surface area contributed by atoms with E-state index in [1.54, 1.807) is 7.11 Å². The van der Waals surface area contributed by atoms with Gasteiger partial charge in [-0.05, 0) is 47.0 Å². The van der Waals surface area contributed by atoms with E-state index in [2.05, 4.69) is 20.9 Å². The van der Waals surface area contributed by atoms with Gasteiger partial charge in [-0.1, -0.05) is 48.5 Å². The maximum Gasteiger partial charge on any atom is 0.512 e. The lowest BCUT2D eigenvalue weighted by atomic mass is 10.00. The van der Waals surface area contributed by atoms with Crippen molar-refractivity contribution >= 4 is 33.0 Å². The van der Waals surface area contributed by atoms with Crippen LogP contribution in [-0.2, 0) is 6.42 Å². The van der Waals surface area contributed by atoms with E-state index in [1.807, 2.05) is 66.7 Å². The maximum absolute atomic E-state index is 11.3. The van der Waals surface area contributed by atoms with Gasteiger partial charge in [-0.3, -0.25) is 0 Å². The molecule has 2 N–H and O–H groups in total. The van der Waals surface area contributed by atoms with E-state index in [-0.39, 0.29) is 5.88 Å². The van der Waals surface area contributed by atoms with Crippen LogP contribution in [0.5, 0.6) is 17.4 Å². The molecule has 0 aliphatic carbocycles. The van der Waals surface area contributed by atoms with Crippen LogP contribution in [0.15, 0.2) is 71.2 Å². The average molecular weight is 496 g/mol. The number of halogens is 1. The normalized spacial score (nSPS) is 10.8. The summed E-state index contributed by atoms with van der Waals surface area (Å²) in [7, 11) is 1.63. The lowest BCUT2D eigenvalue weighted by molar-refractivity contribution is 0.142. The van der Waals surface area contributed by atoms with Crippen LogP contribution in [-0.4, -0.2) is 30.0 Å². The molecule has 32 heavy (non-hydrogen) atoms. The fourth-order valence-corrected chi connectivity index (χ4v) is 4.16. The molecule has 0 saturated carbocycles. The van der Waals surface area contributed by atoms with Crippen LogP contribution in [0, 0.1) is 0 Å². The summed E-state index contributed by atoms with van der Waals surface area (Å²) in [6.07, 6.45) is -0.0906. The molecular formula is C25H22BrNO5. The minimum Gasteiger partial charge on any atom is -0.496 e. The summed E-state index contributed by atoms with van der Waals surface area (Å²) in [5.41, 5.74) is 3.42. The quantitative estimate of drug-likeness (QED) is 0.210. The van der Waals surface area contributed by atoms with Crippen LogP contribution in [0.4, 0.5) is 4.79 Å². The number of carbonyl (C=O) groups is 1. The van der Waals surface area contributed by atoms with Crippen LogP contribution in [0.25, 0.3) is 22.0 Å². The van der Waals surface area contributed by atoms with Gasteiger partial charge >= 0.3 is 6.16 Å². The van der Waals surface area contributed by atoms with E-state index in [9.17, 15) is 9.90 Å². The molecule has 0 spiro atoms. The maximum atomic E-state index is 11.3. The number of fused-ring (bicyclic) bond motifs is 1. The number of aryl methyl sites for hydroxylation is 1. The summed E-state index contributed by atoms with van der Waals surface area (Å²) < 4.78 is 17.4. The first-order valence-corrected chi connectivity index (χ1v) is 10.9. The van der Waals surface area contributed by atoms with Crippen molar-refractivity contribution in [3.05, 3.63) is 76.8 Å². The molecule has 6 nitrogen and oxygen atoms in total. The number of H-pyrrole nitrogens is 1. The van der Waals surface area contributed by atoms with Crippen molar-refractivity contribution in [2.45, 2.75) is 12.8 Å². The fraction of sp³-hybridized carbons (Fsp3) is 0.160. The average Bonchev–Trinajstić information content (AvgIpc) is 3.14. The van der Waals surface area contributed by atoms with E-state index < -0.39 is 6.16 Å². The number of nitrogens with one attached hydrogen (secondary N) is 1. The van der Waals surface area contributed by atoms with Gasteiger partial charge in [0.2, 0.25) is 5.88 Å². The number of aromatic nitrogens is 1. The molecule has 0 unspecified atom stereocenters. The standard InChI is InChI=1S/C25H22BrNO5/c1-30-21-13-4-2-8-16(21)17-9-6-10-18-19(24(27-23(17)18)32-25(28)29)11-7-15-31-22-14-5-3-12-20(22)26/h2-6,8-10,12-14,27H,7,11,15H2,1H3,(H,28,29). The van der Waals surface area contributed by atoms with Gasteiger partial charge in [0.15, 0.2) is 0 Å². The van der Waals surface area contributed by atoms with Gasteiger partial charge in [-0.25, -0.2) is 4.79 Å². The molecule has 1 aromatic heterocycles. The van der Waals surface area contributed by atoms with E-state index in [0.29, 0.717) is 19.4 Å². The number of aromatic amines is 1. The van der Waals surface area contributed by atoms with Crippen molar-refractivity contribution in [3.63, 3.8) is 0 Å². The Labute approximate surface area is 193 Å². The Hall–Kier alpha value is -3.45. The molecular weight excluding hydrogens is 474 g/mol. The van der Waals surface area contributed by atoms with Crippen molar-refractivity contribution in [1.82, 2.24) is 4.98 Å². The Morgan fingerprint density at radius 1 is 0.969 bits per heavy atom. The highest BCUT2D eigenvalue weighted by Gasteiger charge is 2.19. The molecule has 4 rings (SSSR count). The lowest BCUT2D eigenvalue weighted by Gasteiger charge is -2.10. The molecule has 0 amide bonds. The topological polar surface area (TPSA) is 80.8 Å². The summed E-state index contributed by atoms with van der Waals surface area (Å²) in [6.45, 7) is 0.480. The van der Waals surface area contributed by atoms with Gasteiger partial charge in [0, 0.05) is 22.1 Å². The fourth-order valence-electron chi connectivity index (χ4n) is 3.76. The summed E-state index contributed by atoms with van der Waals surface area (Å²) in [6, 6.07) is 21.3. The first-order valence-electron chi connectivity index (χ1n) is 10.1. The number of rotatable bonds is 8. The zero-order valence-corrected chi connectivity index (χ0v) is 19.0. The highest BCUT2D eigenvalue weighted by molar-refractivity contribution is 9.10. The molecule has 164 valence electrons. The minimum atomic E-state index is -1.36. The van der Waals surface area contributed by atoms with Crippen LogP contribution in [0.3, 0.4) is 0 Å². The number of hydrogen-bond acceptors (Lipinski definition) is 4. The van der Waals surface area contributed by atoms with Gasteiger partial charge in [0.05, 0.1) is 23.7 Å². The number of benzene rings is 3. The van der Waals surface area contributed by atoms with Crippen LogP contribution < -0.4 is 14.2 Å². The molecule has 1 heterocycles. The lowest BCUT2D eigenvalue weighted by Crippen LogP contribution is -2.06. The van der Waals surface area contributed by atoms with E-state index in [0.717, 1.165) is 43.6 Å². The number of para-hydroxylation sites is 3. The number of hydrogen-bond donors (Lipinski definition) is 2. The largest absolute Gasteiger partial charge is 0.512 e. The van der Waals surface area contributed by atoms with E-state index >= 15 is 0 Å². The third kappa shape index (κ3) is 4.57. The Morgan fingerprint density at radius 2 is 1.69 bits per heavy atom. The van der Waals surface area contributed by atoms with Gasteiger partial charge in [0.1, 0.15) is 11.5 Å². The van der Waals surface area contributed by atoms with Gasteiger partial charge in [0.25, 0.3) is 0 Å². The first-order chi connectivity index (χ1) is 15.6. The molecule has 7 heteroatoms. The molecule has 0 aliphatic rings. The highest BCUT2D eigenvalue weighted by Crippen LogP contribution is 2.39. The second kappa shape index (κ2) is 9.78. The minimum absolute atomic E-state index is 0.232. The molecule has 0 radical (unpaired) electrons. The second-order valence-corrected chi connectivity index (χ2v) is 7.97. The Balaban J connectivity index is 1.65. The van der Waals surface area contributed by atoms with E-state index in [1.165, 1.54) is 0 Å². The number of ether oxygens (including phenoxy) is 3. The molecule has 0 fully saturated rings. The zero-order valence-electron chi connectivity index (χ0n) is 17.4. The van der Waals surface area contributed by atoms with Gasteiger partial charge < -0.3 is 24.3 Å². The molecule has 0 aliphatic heterocycles. The van der Waals surface area contributed by atoms with Gasteiger partial charge in [-0.15, -0.1) is 0 Å². The summed E-state index contributed by atoms with van der Waals surface area (Å²) >= 11 is 3.47. The summed E-state index contributed by atoms with van der Waals surface area (Å²) in [5.74, 6) is 1.74. The first kappa shape index (κ1) is 21.8. The van der Waals surface area contributed by atoms with Crippen LogP contribution in [0.1, 0.15) is 12.0 Å². The van der Waals surface area contributed by atoms with Crippen molar-refractivity contribution in [2.75, 3.05) is 13.7 Å². The molecule has 4 aromatic rings. The van der Waals surface area contributed by atoms with Crippen molar-refractivity contribution in [1.29, 1.82) is 0 Å². The summed E-state index contributed by atoms with van der Waals surface area (Å²) in [4.78, 5) is 14.5. The monoisotopic (exact) mass is 495 g/mol. The third-order valence-electron chi connectivity index (χ3n) is 5.15. The Bertz CT molecular complexity index is 1250. The highest BCUT2D eigenvalue weighted by atomic mass is 79.9. The van der Waals surface area contributed by atoms with Crippen molar-refractivity contribution < 1.29 is 24.1 Å². The number of methoxy groups -OCH3 is 1. The Morgan fingerprint density at radius 3 is 2.44 bits per heavy atom. The van der Waals surface area contributed by atoms with Crippen molar-refractivity contribution in [3.8, 4) is 28.5 Å². The molecule has 0 atom stereocenters. The van der Waals surface area contributed by atoms with Crippen LogP contribution in [0.2, 0.25) is 0 Å².